The number of nitrogens with one attached hydrogen (secondary N) is 2. The van der Waals surface area contributed by atoms with E-state index in [0.717, 1.165) is 25.3 Å². The summed E-state index contributed by atoms with van der Waals surface area (Å²) in [7, 11) is 0. The van der Waals surface area contributed by atoms with Crippen LogP contribution in [0.25, 0.3) is 0 Å². The second kappa shape index (κ2) is 10.4. The number of hydrogen-bond acceptors (Lipinski definition) is 3. The lowest BCUT2D eigenvalue weighted by Crippen LogP contribution is -2.10. The number of rotatable bonds is 11. The highest BCUT2D eigenvalue weighted by molar-refractivity contribution is 5.47. The van der Waals surface area contributed by atoms with Crippen molar-refractivity contribution >= 4 is 11.6 Å². The predicted octanol–water partition coefficient (Wildman–Crippen LogP) is 4.95. The molecular formula is C16H27F2N3. The molecule has 1 aromatic heterocycles. The second-order valence-corrected chi connectivity index (χ2v) is 5.27. The first-order valence-electron chi connectivity index (χ1n) is 8.02. The molecule has 0 aromatic carbocycles. The van der Waals surface area contributed by atoms with Crippen LogP contribution in [-0.4, -0.2) is 18.1 Å². The number of halogens is 2. The largest absolute Gasteiger partial charge is 0.368 e. The zero-order valence-corrected chi connectivity index (χ0v) is 13.1. The van der Waals surface area contributed by atoms with Crippen molar-refractivity contribution in [3.05, 3.63) is 17.7 Å². The summed E-state index contributed by atoms with van der Waals surface area (Å²) in [5.41, 5.74) is 0. The van der Waals surface area contributed by atoms with E-state index in [1.54, 1.807) is 0 Å². The molecule has 3 nitrogen and oxygen atoms in total. The monoisotopic (exact) mass is 299 g/mol. The van der Waals surface area contributed by atoms with Crippen molar-refractivity contribution < 1.29 is 8.78 Å². The summed E-state index contributed by atoms with van der Waals surface area (Å²) in [6.07, 6.45) is 7.92. The minimum absolute atomic E-state index is 0.115. The molecule has 0 atom stereocenters. The molecule has 0 spiro atoms. The third kappa shape index (κ3) is 6.74. The fraction of sp³-hybridized carbons (Fsp3) is 0.688. The van der Waals surface area contributed by atoms with Gasteiger partial charge >= 0.3 is 0 Å². The number of anilines is 2. The lowest BCUT2D eigenvalue weighted by atomic mass is 10.1. The molecule has 0 radical (unpaired) electrons. The molecule has 0 aliphatic heterocycles. The fourth-order valence-electron chi connectivity index (χ4n) is 2.07. The van der Waals surface area contributed by atoms with Crippen molar-refractivity contribution in [3.8, 4) is 0 Å². The highest BCUT2D eigenvalue weighted by atomic mass is 19.1. The van der Waals surface area contributed by atoms with E-state index in [4.69, 9.17) is 0 Å². The number of hydrogen-bond donors (Lipinski definition) is 2. The van der Waals surface area contributed by atoms with Gasteiger partial charge in [0.25, 0.3) is 0 Å². The lowest BCUT2D eigenvalue weighted by molar-refractivity contribution is 0.576. The minimum Gasteiger partial charge on any atom is -0.368 e. The smallest absolute Gasteiger partial charge is 0.168 e. The average molecular weight is 299 g/mol. The van der Waals surface area contributed by atoms with Gasteiger partial charge in [0, 0.05) is 19.2 Å². The van der Waals surface area contributed by atoms with Crippen molar-refractivity contribution in [3.63, 3.8) is 0 Å². The summed E-state index contributed by atoms with van der Waals surface area (Å²) in [6, 6.07) is 0.884. The SMILES string of the molecule is CCCCCCCCNc1nc(NCCC)c(F)cc1F. The topological polar surface area (TPSA) is 37.0 Å². The van der Waals surface area contributed by atoms with E-state index in [1.165, 1.54) is 25.7 Å². The molecule has 0 bridgehead atoms. The molecule has 2 N–H and O–H groups in total. The van der Waals surface area contributed by atoms with E-state index < -0.39 is 11.6 Å². The molecule has 1 aromatic rings. The van der Waals surface area contributed by atoms with Crippen molar-refractivity contribution in [1.82, 2.24) is 4.98 Å². The third-order valence-corrected chi connectivity index (χ3v) is 3.29. The molecule has 0 saturated carbocycles. The van der Waals surface area contributed by atoms with Crippen LogP contribution in [0.2, 0.25) is 0 Å². The third-order valence-electron chi connectivity index (χ3n) is 3.29. The Morgan fingerprint density at radius 1 is 0.810 bits per heavy atom. The van der Waals surface area contributed by atoms with Gasteiger partial charge in [0.15, 0.2) is 23.3 Å². The van der Waals surface area contributed by atoms with E-state index in [1.807, 2.05) is 6.92 Å². The van der Waals surface area contributed by atoms with Crippen LogP contribution in [0.3, 0.4) is 0 Å². The first-order valence-corrected chi connectivity index (χ1v) is 8.02. The van der Waals surface area contributed by atoms with E-state index in [0.29, 0.717) is 13.1 Å². The highest BCUT2D eigenvalue weighted by Crippen LogP contribution is 2.19. The summed E-state index contributed by atoms with van der Waals surface area (Å²) in [4.78, 5) is 3.98. The van der Waals surface area contributed by atoms with Crippen LogP contribution in [-0.2, 0) is 0 Å². The van der Waals surface area contributed by atoms with E-state index in [9.17, 15) is 8.78 Å². The zero-order chi connectivity index (χ0) is 15.5. The van der Waals surface area contributed by atoms with Gasteiger partial charge < -0.3 is 10.6 Å². The number of aromatic nitrogens is 1. The Morgan fingerprint density at radius 2 is 1.38 bits per heavy atom. The Bertz CT molecular complexity index is 411. The number of nitrogens with zero attached hydrogens (tertiary/aromatic N) is 1. The first kappa shape index (κ1) is 17.7. The molecule has 1 heterocycles. The van der Waals surface area contributed by atoms with Crippen LogP contribution in [0.1, 0.15) is 58.8 Å². The van der Waals surface area contributed by atoms with E-state index in [2.05, 4.69) is 22.5 Å². The van der Waals surface area contributed by atoms with Gasteiger partial charge in [-0.1, -0.05) is 46.0 Å². The Morgan fingerprint density at radius 3 is 2.00 bits per heavy atom. The number of unbranched alkanes of at least 4 members (excludes halogenated alkanes) is 5. The average Bonchev–Trinajstić information content (AvgIpc) is 2.47. The molecular weight excluding hydrogens is 272 g/mol. The van der Waals surface area contributed by atoms with Gasteiger partial charge in [0.2, 0.25) is 0 Å². The Kier molecular flexibility index (Phi) is 8.71. The Labute approximate surface area is 126 Å². The van der Waals surface area contributed by atoms with E-state index >= 15 is 0 Å². The lowest BCUT2D eigenvalue weighted by Gasteiger charge is -2.10. The quantitative estimate of drug-likeness (QED) is 0.567. The first-order chi connectivity index (χ1) is 10.2. The van der Waals surface area contributed by atoms with Gasteiger partial charge in [0.05, 0.1) is 0 Å². The van der Waals surface area contributed by atoms with Crippen LogP contribution >= 0.6 is 0 Å². The van der Waals surface area contributed by atoms with Gasteiger partial charge in [-0.05, 0) is 12.8 Å². The maximum atomic E-state index is 13.6. The second-order valence-electron chi connectivity index (χ2n) is 5.27. The van der Waals surface area contributed by atoms with E-state index in [-0.39, 0.29) is 11.6 Å². The zero-order valence-electron chi connectivity index (χ0n) is 13.1. The Balaban J connectivity index is 2.39. The van der Waals surface area contributed by atoms with Gasteiger partial charge in [-0.15, -0.1) is 0 Å². The highest BCUT2D eigenvalue weighted by Gasteiger charge is 2.11. The van der Waals surface area contributed by atoms with Crippen LogP contribution in [0.15, 0.2) is 6.07 Å². The van der Waals surface area contributed by atoms with Crippen LogP contribution in [0.4, 0.5) is 20.4 Å². The van der Waals surface area contributed by atoms with Crippen molar-refractivity contribution in [1.29, 1.82) is 0 Å². The predicted molar refractivity (Wildman–Crippen MR) is 84.8 cm³/mol. The summed E-state index contributed by atoms with van der Waals surface area (Å²) in [6.45, 7) is 5.45. The van der Waals surface area contributed by atoms with Crippen LogP contribution in [0, 0.1) is 11.6 Å². The van der Waals surface area contributed by atoms with Gasteiger partial charge in [-0.2, -0.15) is 0 Å². The van der Waals surface area contributed by atoms with Crippen molar-refractivity contribution in [2.75, 3.05) is 23.7 Å². The van der Waals surface area contributed by atoms with Gasteiger partial charge in [-0.3, -0.25) is 0 Å². The summed E-state index contributed by atoms with van der Waals surface area (Å²) in [5, 5.41) is 5.82. The van der Waals surface area contributed by atoms with Crippen molar-refractivity contribution in [2.45, 2.75) is 58.8 Å². The number of pyridine rings is 1. The summed E-state index contributed by atoms with van der Waals surface area (Å²) in [5.74, 6) is -1.04. The molecule has 0 unspecified atom stereocenters. The van der Waals surface area contributed by atoms with Crippen LogP contribution < -0.4 is 10.6 Å². The molecule has 1 rings (SSSR count). The molecule has 0 saturated heterocycles. The van der Waals surface area contributed by atoms with Crippen LogP contribution in [0.5, 0.6) is 0 Å². The maximum Gasteiger partial charge on any atom is 0.168 e. The normalized spacial score (nSPS) is 10.7. The van der Waals surface area contributed by atoms with Gasteiger partial charge in [-0.25, -0.2) is 13.8 Å². The van der Waals surface area contributed by atoms with Gasteiger partial charge in [0.1, 0.15) is 0 Å². The molecule has 21 heavy (non-hydrogen) atoms. The maximum absolute atomic E-state index is 13.6. The molecule has 120 valence electrons. The molecule has 0 amide bonds. The summed E-state index contributed by atoms with van der Waals surface area (Å²) >= 11 is 0. The standard InChI is InChI=1S/C16H27F2N3/c1-3-5-6-7-8-9-11-20-16-14(18)12-13(17)15(21-16)19-10-4-2/h12H,3-11H2,1-2H3,(H2,19,20,21). The van der Waals surface area contributed by atoms with Crippen molar-refractivity contribution in [2.24, 2.45) is 0 Å². The molecule has 0 aliphatic rings. The summed E-state index contributed by atoms with van der Waals surface area (Å²) < 4.78 is 27.2. The molecule has 0 aliphatic carbocycles. The molecule has 0 fully saturated rings. The molecule has 5 heteroatoms. The fourth-order valence-corrected chi connectivity index (χ4v) is 2.07. The minimum atomic E-state index is -0.647. The Hall–Kier alpha value is -1.39.